The Balaban J connectivity index is 2.15. The maximum absolute atomic E-state index is 12.6. The third-order valence-electron chi connectivity index (χ3n) is 3.91. The largest absolute Gasteiger partial charge is 0.493 e. The zero-order valence-electron chi connectivity index (χ0n) is 15.5. The van der Waals surface area contributed by atoms with Gasteiger partial charge in [-0.25, -0.2) is 17.8 Å². The molecule has 146 valence electrons. The van der Waals surface area contributed by atoms with Gasteiger partial charge in [0.1, 0.15) is 5.69 Å². The van der Waals surface area contributed by atoms with E-state index in [0.29, 0.717) is 22.8 Å². The lowest BCUT2D eigenvalue weighted by Crippen LogP contribution is -2.29. The Bertz CT molecular complexity index is 1110. The predicted molar refractivity (Wildman–Crippen MR) is 104 cm³/mol. The van der Waals surface area contributed by atoms with E-state index >= 15 is 0 Å². The summed E-state index contributed by atoms with van der Waals surface area (Å²) in [5.74, 6) is 0.217. The van der Waals surface area contributed by atoms with Crippen molar-refractivity contribution in [3.63, 3.8) is 0 Å². The summed E-state index contributed by atoms with van der Waals surface area (Å²) in [5.41, 5.74) is 1.72. The number of nitrogens with one attached hydrogen (secondary N) is 1. The minimum absolute atomic E-state index is 0.112. The van der Waals surface area contributed by atoms with E-state index in [9.17, 15) is 13.2 Å². The molecule has 0 aliphatic rings. The Morgan fingerprint density at radius 1 is 1.04 bits per heavy atom. The van der Waals surface area contributed by atoms with Crippen LogP contribution in [0.4, 0.5) is 0 Å². The van der Waals surface area contributed by atoms with E-state index in [4.69, 9.17) is 9.47 Å². The van der Waals surface area contributed by atoms with E-state index in [-0.39, 0.29) is 5.56 Å². The number of hydrogen-bond donors (Lipinski definition) is 1. The molecule has 1 heterocycles. The van der Waals surface area contributed by atoms with Gasteiger partial charge in [0.15, 0.2) is 11.5 Å². The van der Waals surface area contributed by atoms with Crippen LogP contribution < -0.4 is 14.2 Å². The number of rotatable bonds is 6. The van der Waals surface area contributed by atoms with Crippen molar-refractivity contribution in [1.82, 2.24) is 14.5 Å². The Labute approximate surface area is 162 Å². The van der Waals surface area contributed by atoms with Crippen molar-refractivity contribution in [3.05, 3.63) is 60.3 Å². The lowest BCUT2D eigenvalue weighted by molar-refractivity contribution is 0.0982. The molecule has 1 N–H and O–H groups in total. The lowest BCUT2D eigenvalue weighted by Gasteiger charge is -2.09. The monoisotopic (exact) mass is 401 g/mol. The molecule has 0 unspecified atom stereocenters. The van der Waals surface area contributed by atoms with E-state index < -0.39 is 15.9 Å². The zero-order valence-corrected chi connectivity index (χ0v) is 16.4. The summed E-state index contributed by atoms with van der Waals surface area (Å²) < 4.78 is 37.1. The molecule has 0 aliphatic heterocycles. The first-order valence-corrected chi connectivity index (χ1v) is 10.1. The number of nitrogens with zero attached hydrogens (tertiary/aromatic N) is 2. The highest BCUT2D eigenvalue weighted by Gasteiger charge is 2.22. The summed E-state index contributed by atoms with van der Waals surface area (Å²) in [5, 5.41) is 4.50. The minimum Gasteiger partial charge on any atom is -0.493 e. The first-order chi connectivity index (χ1) is 13.3. The summed E-state index contributed by atoms with van der Waals surface area (Å²) in [4.78, 5) is 12.6. The molecule has 0 spiro atoms. The van der Waals surface area contributed by atoms with Gasteiger partial charge < -0.3 is 9.47 Å². The van der Waals surface area contributed by atoms with Crippen LogP contribution >= 0.6 is 0 Å². The fourth-order valence-electron chi connectivity index (χ4n) is 2.67. The molecule has 28 heavy (non-hydrogen) atoms. The number of amides is 1. The normalized spacial score (nSPS) is 11.1. The second kappa shape index (κ2) is 7.73. The number of methoxy groups -OCH3 is 2. The number of para-hydroxylation sites is 1. The van der Waals surface area contributed by atoms with Gasteiger partial charge in [-0.3, -0.25) is 4.79 Å². The molecule has 2 aromatic carbocycles. The molecule has 3 aromatic rings. The first kappa shape index (κ1) is 19.4. The standard InChI is InChI=1S/C19H19N3O5S/c1-26-16-10-9-13(11-17(16)27-2)18-15(19(23)21-28(3,24)25)12-22(20-18)14-7-5-4-6-8-14/h4-12H,1-3H3,(H,21,23). The molecule has 0 bridgehead atoms. The third kappa shape index (κ3) is 4.15. The summed E-state index contributed by atoms with van der Waals surface area (Å²) in [6.07, 6.45) is 2.41. The Morgan fingerprint density at radius 3 is 2.32 bits per heavy atom. The van der Waals surface area contributed by atoms with E-state index in [1.165, 1.54) is 25.1 Å². The SMILES string of the molecule is COc1ccc(-c2nn(-c3ccccc3)cc2C(=O)NS(C)(=O)=O)cc1OC. The quantitative estimate of drug-likeness (QED) is 0.680. The van der Waals surface area contributed by atoms with Crippen LogP contribution in [0.5, 0.6) is 11.5 Å². The molecule has 0 radical (unpaired) electrons. The van der Waals surface area contributed by atoms with Gasteiger partial charge in [0.2, 0.25) is 10.0 Å². The Kier molecular flexibility index (Phi) is 5.36. The van der Waals surface area contributed by atoms with Crippen LogP contribution in [0.2, 0.25) is 0 Å². The second-order valence-corrected chi connectivity index (χ2v) is 7.69. The first-order valence-electron chi connectivity index (χ1n) is 8.22. The predicted octanol–water partition coefficient (Wildman–Crippen LogP) is 2.25. The number of carbonyl (C=O) groups excluding carboxylic acids is 1. The van der Waals surface area contributed by atoms with Crippen LogP contribution in [-0.4, -0.2) is 44.6 Å². The second-order valence-electron chi connectivity index (χ2n) is 5.94. The number of carbonyl (C=O) groups is 1. The smallest absolute Gasteiger partial charge is 0.268 e. The molecular weight excluding hydrogens is 382 g/mol. The Hall–Kier alpha value is -3.33. The van der Waals surface area contributed by atoms with E-state index in [1.54, 1.807) is 18.2 Å². The highest BCUT2D eigenvalue weighted by Crippen LogP contribution is 2.33. The van der Waals surface area contributed by atoms with Crippen molar-refractivity contribution in [2.75, 3.05) is 20.5 Å². The maximum atomic E-state index is 12.6. The van der Waals surface area contributed by atoms with Crippen LogP contribution in [-0.2, 0) is 10.0 Å². The lowest BCUT2D eigenvalue weighted by atomic mass is 10.1. The molecule has 0 atom stereocenters. The van der Waals surface area contributed by atoms with Crippen LogP contribution in [0.3, 0.4) is 0 Å². The van der Waals surface area contributed by atoms with E-state index in [0.717, 1.165) is 11.9 Å². The summed E-state index contributed by atoms with van der Waals surface area (Å²) in [6, 6.07) is 14.3. The van der Waals surface area contributed by atoms with Crippen molar-refractivity contribution in [3.8, 4) is 28.4 Å². The number of hydrogen-bond acceptors (Lipinski definition) is 6. The Morgan fingerprint density at radius 2 is 1.71 bits per heavy atom. The fourth-order valence-corrected chi connectivity index (χ4v) is 3.12. The van der Waals surface area contributed by atoms with Gasteiger partial charge in [0.05, 0.1) is 31.7 Å². The molecule has 9 heteroatoms. The van der Waals surface area contributed by atoms with Crippen LogP contribution in [0.1, 0.15) is 10.4 Å². The molecule has 1 aromatic heterocycles. The molecule has 0 saturated carbocycles. The van der Waals surface area contributed by atoms with Crippen molar-refractivity contribution in [2.24, 2.45) is 0 Å². The average Bonchev–Trinajstić information content (AvgIpc) is 3.12. The number of sulfonamides is 1. The molecular formula is C19H19N3O5S. The summed E-state index contributed by atoms with van der Waals surface area (Å²) in [6.45, 7) is 0. The van der Waals surface area contributed by atoms with Crippen LogP contribution in [0.25, 0.3) is 16.9 Å². The van der Waals surface area contributed by atoms with Crippen LogP contribution in [0, 0.1) is 0 Å². The number of ether oxygens (including phenoxy) is 2. The van der Waals surface area contributed by atoms with E-state index in [1.807, 2.05) is 35.1 Å². The van der Waals surface area contributed by atoms with Gasteiger partial charge in [-0.15, -0.1) is 0 Å². The summed E-state index contributed by atoms with van der Waals surface area (Å²) >= 11 is 0. The molecule has 0 saturated heterocycles. The van der Waals surface area contributed by atoms with Gasteiger partial charge in [-0.2, -0.15) is 5.10 Å². The highest BCUT2D eigenvalue weighted by atomic mass is 32.2. The number of aromatic nitrogens is 2. The third-order valence-corrected chi connectivity index (χ3v) is 4.47. The zero-order chi connectivity index (χ0) is 20.3. The van der Waals surface area contributed by atoms with Crippen molar-refractivity contribution in [1.29, 1.82) is 0 Å². The van der Waals surface area contributed by atoms with Crippen molar-refractivity contribution < 1.29 is 22.7 Å². The fraction of sp³-hybridized carbons (Fsp3) is 0.158. The minimum atomic E-state index is -3.73. The topological polar surface area (TPSA) is 99.5 Å². The highest BCUT2D eigenvalue weighted by molar-refractivity contribution is 7.89. The van der Waals surface area contributed by atoms with Gasteiger partial charge in [-0.1, -0.05) is 18.2 Å². The van der Waals surface area contributed by atoms with Crippen molar-refractivity contribution in [2.45, 2.75) is 0 Å². The average molecular weight is 401 g/mol. The number of benzene rings is 2. The summed E-state index contributed by atoms with van der Waals surface area (Å²) in [7, 11) is -0.709. The van der Waals surface area contributed by atoms with Crippen molar-refractivity contribution >= 4 is 15.9 Å². The van der Waals surface area contributed by atoms with Gasteiger partial charge in [0.25, 0.3) is 5.91 Å². The van der Waals surface area contributed by atoms with Gasteiger partial charge in [-0.05, 0) is 30.3 Å². The maximum Gasteiger partial charge on any atom is 0.268 e. The van der Waals surface area contributed by atoms with Crippen LogP contribution in [0.15, 0.2) is 54.7 Å². The molecule has 0 aliphatic carbocycles. The molecule has 0 fully saturated rings. The van der Waals surface area contributed by atoms with Gasteiger partial charge >= 0.3 is 0 Å². The van der Waals surface area contributed by atoms with Gasteiger partial charge in [0, 0.05) is 11.8 Å². The molecule has 3 rings (SSSR count). The molecule has 1 amide bonds. The molecule has 8 nitrogen and oxygen atoms in total. The van der Waals surface area contributed by atoms with E-state index in [2.05, 4.69) is 5.10 Å².